The Bertz CT molecular complexity index is 824. The molecule has 1 heterocycles. The second kappa shape index (κ2) is 7.67. The molecule has 1 N–H and O–H groups in total. The van der Waals surface area contributed by atoms with E-state index in [2.05, 4.69) is 29.1 Å². The van der Waals surface area contributed by atoms with Gasteiger partial charge in [-0.05, 0) is 44.0 Å². The van der Waals surface area contributed by atoms with Gasteiger partial charge >= 0.3 is 0 Å². The molecule has 1 aliphatic carbocycles. The van der Waals surface area contributed by atoms with Crippen molar-refractivity contribution in [2.75, 3.05) is 7.05 Å². The van der Waals surface area contributed by atoms with Crippen molar-refractivity contribution >= 4 is 0 Å². The first-order valence-corrected chi connectivity index (χ1v) is 9.02. The van der Waals surface area contributed by atoms with Gasteiger partial charge in [0.25, 0.3) is 5.56 Å². The van der Waals surface area contributed by atoms with Gasteiger partial charge in [-0.25, -0.2) is 0 Å². The van der Waals surface area contributed by atoms with Gasteiger partial charge in [-0.15, -0.1) is 0 Å². The predicted molar refractivity (Wildman–Crippen MR) is 100 cm³/mol. The number of pyridine rings is 1. The number of hydrogen-bond donors (Lipinski definition) is 1. The first kappa shape index (κ1) is 17.4. The molecule has 0 atom stereocenters. The molecule has 4 nitrogen and oxygen atoms in total. The van der Waals surface area contributed by atoms with E-state index in [0.717, 1.165) is 17.8 Å². The summed E-state index contributed by atoms with van der Waals surface area (Å²) in [6, 6.07) is 12.8. The number of benzene rings is 1. The van der Waals surface area contributed by atoms with Gasteiger partial charge in [-0.1, -0.05) is 43.5 Å². The van der Waals surface area contributed by atoms with E-state index in [-0.39, 0.29) is 11.1 Å². The minimum Gasteiger partial charge on any atom is -0.325 e. The third-order valence-electron chi connectivity index (χ3n) is 5.17. The molecule has 0 radical (unpaired) electrons. The van der Waals surface area contributed by atoms with Crippen LogP contribution in [0.1, 0.15) is 48.9 Å². The molecule has 1 aromatic carbocycles. The molecule has 130 valence electrons. The Morgan fingerprint density at radius 1 is 1.20 bits per heavy atom. The molecule has 0 aliphatic heterocycles. The summed E-state index contributed by atoms with van der Waals surface area (Å²) in [7, 11) is 2.21. The van der Waals surface area contributed by atoms with Crippen molar-refractivity contribution in [1.82, 2.24) is 9.88 Å². The minimum atomic E-state index is -0.321. The van der Waals surface area contributed by atoms with E-state index in [1.807, 2.05) is 31.2 Å². The van der Waals surface area contributed by atoms with Crippen LogP contribution in [0.4, 0.5) is 0 Å². The maximum atomic E-state index is 12.0. The molecular weight excluding hydrogens is 310 g/mol. The van der Waals surface area contributed by atoms with Crippen molar-refractivity contribution in [3.63, 3.8) is 0 Å². The number of H-pyrrole nitrogens is 1. The standard InChI is InChI=1S/C21H25N3O/c1-15-12-19(20(13-22)21(25)23-15)17-10-8-16(9-11-17)14-24(2)18-6-4-3-5-7-18/h8-12,18H,3-7,14H2,1-2H3,(H,23,25). The molecule has 2 aromatic rings. The summed E-state index contributed by atoms with van der Waals surface area (Å²) in [5.41, 5.74) is 3.50. The zero-order valence-electron chi connectivity index (χ0n) is 15.0. The summed E-state index contributed by atoms with van der Waals surface area (Å²) in [6.07, 6.45) is 6.65. The van der Waals surface area contributed by atoms with Crippen LogP contribution in [0, 0.1) is 18.3 Å². The third kappa shape index (κ3) is 4.00. The fourth-order valence-electron chi connectivity index (χ4n) is 3.76. The normalized spacial score (nSPS) is 15.3. The lowest BCUT2D eigenvalue weighted by molar-refractivity contribution is 0.184. The van der Waals surface area contributed by atoms with Gasteiger partial charge in [0.15, 0.2) is 0 Å². The number of aryl methyl sites for hydroxylation is 1. The Labute approximate surface area is 149 Å². The molecule has 0 saturated heterocycles. The fourth-order valence-corrected chi connectivity index (χ4v) is 3.76. The molecule has 1 aromatic heterocycles. The molecular formula is C21H25N3O. The van der Waals surface area contributed by atoms with Crippen molar-refractivity contribution in [3.8, 4) is 17.2 Å². The van der Waals surface area contributed by atoms with Gasteiger partial charge in [-0.3, -0.25) is 9.69 Å². The second-order valence-corrected chi connectivity index (χ2v) is 7.09. The molecule has 0 spiro atoms. The maximum Gasteiger partial charge on any atom is 0.266 e. The van der Waals surface area contributed by atoms with E-state index in [4.69, 9.17) is 0 Å². The highest BCUT2D eigenvalue weighted by Gasteiger charge is 2.18. The summed E-state index contributed by atoms with van der Waals surface area (Å²) in [4.78, 5) is 17.1. The van der Waals surface area contributed by atoms with Crippen LogP contribution in [0.15, 0.2) is 35.1 Å². The zero-order valence-corrected chi connectivity index (χ0v) is 15.0. The van der Waals surface area contributed by atoms with Crippen LogP contribution < -0.4 is 5.56 Å². The molecule has 1 fully saturated rings. The van der Waals surface area contributed by atoms with Crippen LogP contribution in [0.2, 0.25) is 0 Å². The number of rotatable bonds is 4. The van der Waals surface area contributed by atoms with E-state index < -0.39 is 0 Å². The first-order valence-electron chi connectivity index (χ1n) is 9.02. The molecule has 1 saturated carbocycles. The Balaban J connectivity index is 1.79. The lowest BCUT2D eigenvalue weighted by Crippen LogP contribution is -2.32. The molecule has 0 amide bonds. The number of hydrogen-bond acceptors (Lipinski definition) is 3. The van der Waals surface area contributed by atoms with Crippen molar-refractivity contribution in [3.05, 3.63) is 57.5 Å². The maximum absolute atomic E-state index is 12.0. The summed E-state index contributed by atoms with van der Waals surface area (Å²) < 4.78 is 0. The molecule has 3 rings (SSSR count). The van der Waals surface area contributed by atoms with Crippen molar-refractivity contribution in [2.24, 2.45) is 0 Å². The Morgan fingerprint density at radius 2 is 1.88 bits per heavy atom. The highest BCUT2D eigenvalue weighted by Crippen LogP contribution is 2.25. The van der Waals surface area contributed by atoms with Crippen LogP contribution in [0.3, 0.4) is 0 Å². The van der Waals surface area contributed by atoms with E-state index >= 15 is 0 Å². The summed E-state index contributed by atoms with van der Waals surface area (Å²) in [5.74, 6) is 0. The van der Waals surface area contributed by atoms with E-state index in [0.29, 0.717) is 11.6 Å². The van der Waals surface area contributed by atoms with Gasteiger partial charge in [0.05, 0.1) is 0 Å². The van der Waals surface area contributed by atoms with Crippen LogP contribution in [0.5, 0.6) is 0 Å². The summed E-state index contributed by atoms with van der Waals surface area (Å²) >= 11 is 0. The SMILES string of the molecule is Cc1cc(-c2ccc(CN(C)C3CCCCC3)cc2)c(C#N)c(=O)[nH]1. The lowest BCUT2D eigenvalue weighted by Gasteiger charge is -2.31. The zero-order chi connectivity index (χ0) is 17.8. The van der Waals surface area contributed by atoms with Crippen molar-refractivity contribution in [1.29, 1.82) is 5.26 Å². The number of aromatic nitrogens is 1. The summed E-state index contributed by atoms with van der Waals surface area (Å²) in [5, 5.41) is 9.29. The van der Waals surface area contributed by atoms with Crippen LogP contribution in [0.25, 0.3) is 11.1 Å². The van der Waals surface area contributed by atoms with Crippen LogP contribution in [-0.4, -0.2) is 23.0 Å². The van der Waals surface area contributed by atoms with E-state index in [9.17, 15) is 10.1 Å². The average molecular weight is 335 g/mol. The van der Waals surface area contributed by atoms with E-state index in [1.165, 1.54) is 37.7 Å². The topological polar surface area (TPSA) is 59.9 Å². The number of aromatic amines is 1. The van der Waals surface area contributed by atoms with Gasteiger partial charge in [0.2, 0.25) is 0 Å². The monoisotopic (exact) mass is 335 g/mol. The largest absolute Gasteiger partial charge is 0.325 e. The molecule has 0 bridgehead atoms. The lowest BCUT2D eigenvalue weighted by atomic mass is 9.94. The Hall–Kier alpha value is -2.38. The molecule has 0 unspecified atom stereocenters. The number of nitrogens with one attached hydrogen (secondary N) is 1. The van der Waals surface area contributed by atoms with Gasteiger partial charge < -0.3 is 4.98 Å². The van der Waals surface area contributed by atoms with E-state index in [1.54, 1.807) is 0 Å². The molecule has 25 heavy (non-hydrogen) atoms. The van der Waals surface area contributed by atoms with Gasteiger partial charge in [-0.2, -0.15) is 5.26 Å². The Morgan fingerprint density at radius 3 is 2.52 bits per heavy atom. The van der Waals surface area contributed by atoms with Crippen molar-refractivity contribution < 1.29 is 0 Å². The first-order chi connectivity index (χ1) is 12.1. The number of nitrogens with zero attached hydrogens (tertiary/aromatic N) is 2. The van der Waals surface area contributed by atoms with Crippen LogP contribution >= 0.6 is 0 Å². The van der Waals surface area contributed by atoms with Crippen LogP contribution in [-0.2, 0) is 6.54 Å². The fraction of sp³-hybridized carbons (Fsp3) is 0.429. The van der Waals surface area contributed by atoms with Gasteiger partial charge in [0, 0.05) is 23.8 Å². The average Bonchev–Trinajstić information content (AvgIpc) is 2.62. The highest BCUT2D eigenvalue weighted by atomic mass is 16.1. The minimum absolute atomic E-state index is 0.178. The molecule has 4 heteroatoms. The van der Waals surface area contributed by atoms with Gasteiger partial charge in [0.1, 0.15) is 11.6 Å². The summed E-state index contributed by atoms with van der Waals surface area (Å²) in [6.45, 7) is 2.77. The quantitative estimate of drug-likeness (QED) is 0.919. The molecule has 1 aliphatic rings. The number of nitriles is 1. The third-order valence-corrected chi connectivity index (χ3v) is 5.17. The second-order valence-electron chi connectivity index (χ2n) is 7.09. The van der Waals surface area contributed by atoms with Crippen molar-refractivity contribution in [2.45, 2.75) is 51.6 Å². The highest BCUT2D eigenvalue weighted by molar-refractivity contribution is 5.70. The predicted octanol–water partition coefficient (Wildman–Crippen LogP) is 3.99. The smallest absolute Gasteiger partial charge is 0.266 e. The Kier molecular flexibility index (Phi) is 5.35.